The van der Waals surface area contributed by atoms with Crippen LogP contribution in [0.4, 0.5) is 14.5 Å². The number of nitro benzene ring substituents is 1. The molecule has 0 saturated carbocycles. The van der Waals surface area contributed by atoms with Crippen LogP contribution in [0.25, 0.3) is 0 Å². The van der Waals surface area contributed by atoms with Crippen LogP contribution in [0.15, 0.2) is 17.0 Å². The van der Waals surface area contributed by atoms with Crippen molar-refractivity contribution in [1.82, 2.24) is 0 Å². The zero-order valence-corrected chi connectivity index (χ0v) is 9.13. The summed E-state index contributed by atoms with van der Waals surface area (Å²) in [4.78, 5) is 9.43. The maximum atomic E-state index is 13.3. The third-order valence-electron chi connectivity index (χ3n) is 1.80. The van der Waals surface area contributed by atoms with E-state index in [9.17, 15) is 18.9 Å². The molecule has 1 atom stereocenters. The fourth-order valence-electron chi connectivity index (χ4n) is 1.02. The molecule has 1 unspecified atom stereocenters. The van der Waals surface area contributed by atoms with E-state index in [1.807, 2.05) is 0 Å². The van der Waals surface area contributed by atoms with E-state index in [0.29, 0.717) is 6.07 Å². The van der Waals surface area contributed by atoms with Crippen molar-refractivity contribution in [3.05, 3.63) is 33.9 Å². The van der Waals surface area contributed by atoms with Gasteiger partial charge in [0.2, 0.25) is 0 Å². The van der Waals surface area contributed by atoms with Crippen molar-refractivity contribution in [2.75, 3.05) is 6.61 Å². The highest BCUT2D eigenvalue weighted by Gasteiger charge is 2.23. The number of aliphatic hydroxyl groups excluding tert-OH is 1. The fraction of sp³-hybridized carbons (Fsp3) is 0.333. The Morgan fingerprint density at radius 1 is 1.56 bits per heavy atom. The molecule has 1 N–H and O–H groups in total. The topological polar surface area (TPSA) is 63.4 Å². The van der Waals surface area contributed by atoms with Gasteiger partial charge in [0.1, 0.15) is 4.90 Å². The molecule has 0 saturated heterocycles. The van der Waals surface area contributed by atoms with Gasteiger partial charge in [-0.05, 0) is 6.07 Å². The minimum atomic E-state index is -1.25. The summed E-state index contributed by atoms with van der Waals surface area (Å²) in [6.45, 7) is 1.27. The predicted molar refractivity (Wildman–Crippen MR) is 55.4 cm³/mol. The average Bonchev–Trinajstić information content (AvgIpc) is 2.24. The highest BCUT2D eigenvalue weighted by Crippen LogP contribution is 2.35. The van der Waals surface area contributed by atoms with E-state index < -0.39 is 27.5 Å². The maximum Gasteiger partial charge on any atom is 0.286 e. The molecule has 1 aromatic carbocycles. The lowest BCUT2D eigenvalue weighted by atomic mass is 10.3. The number of hydrogen-bond acceptors (Lipinski definition) is 4. The smallest absolute Gasteiger partial charge is 0.286 e. The molecular weight excluding hydrogens is 240 g/mol. The summed E-state index contributed by atoms with van der Waals surface area (Å²) < 4.78 is 26.2. The SMILES string of the molecule is CC(CO)Sc1c([N+](=O)[O-])ccc(F)c1F. The van der Waals surface area contributed by atoms with E-state index >= 15 is 0 Å². The van der Waals surface area contributed by atoms with Crippen LogP contribution in [0.3, 0.4) is 0 Å². The van der Waals surface area contributed by atoms with Crippen molar-refractivity contribution in [2.24, 2.45) is 0 Å². The number of aliphatic hydroxyl groups is 1. The van der Waals surface area contributed by atoms with Crippen molar-refractivity contribution in [3.8, 4) is 0 Å². The van der Waals surface area contributed by atoms with Gasteiger partial charge in [-0.1, -0.05) is 6.92 Å². The van der Waals surface area contributed by atoms with Gasteiger partial charge in [0.05, 0.1) is 11.5 Å². The van der Waals surface area contributed by atoms with E-state index in [-0.39, 0.29) is 11.5 Å². The van der Waals surface area contributed by atoms with E-state index in [1.165, 1.54) is 0 Å². The first-order valence-electron chi connectivity index (χ1n) is 4.37. The molecule has 0 radical (unpaired) electrons. The third-order valence-corrected chi connectivity index (χ3v) is 2.98. The van der Waals surface area contributed by atoms with Crippen molar-refractivity contribution in [3.63, 3.8) is 0 Å². The molecular formula is C9H9F2NO3S. The van der Waals surface area contributed by atoms with Crippen molar-refractivity contribution < 1.29 is 18.8 Å². The summed E-state index contributed by atoms with van der Waals surface area (Å²) in [6.07, 6.45) is 0. The van der Waals surface area contributed by atoms with Crippen LogP contribution in [-0.2, 0) is 0 Å². The molecule has 0 aliphatic rings. The van der Waals surface area contributed by atoms with Gasteiger partial charge < -0.3 is 5.11 Å². The standard InChI is InChI=1S/C9H9F2NO3S/c1-5(4-13)16-9-7(12(14)15)3-2-6(10)8(9)11/h2-3,5,13H,4H2,1H3. The Morgan fingerprint density at radius 3 is 2.69 bits per heavy atom. The Bertz CT molecular complexity index is 414. The Hall–Kier alpha value is -1.21. The fourth-order valence-corrected chi connectivity index (χ4v) is 1.96. The average molecular weight is 249 g/mol. The summed E-state index contributed by atoms with van der Waals surface area (Å²) in [5.41, 5.74) is -0.496. The normalized spacial score (nSPS) is 12.5. The summed E-state index contributed by atoms with van der Waals surface area (Å²) in [5, 5.41) is 18.9. The summed E-state index contributed by atoms with van der Waals surface area (Å²) in [7, 11) is 0. The minimum Gasteiger partial charge on any atom is -0.395 e. The predicted octanol–water partition coefficient (Wildman–Crippen LogP) is 2.35. The highest BCUT2D eigenvalue weighted by atomic mass is 32.2. The van der Waals surface area contributed by atoms with Crippen LogP contribution in [0, 0.1) is 21.7 Å². The first-order valence-corrected chi connectivity index (χ1v) is 5.25. The zero-order valence-electron chi connectivity index (χ0n) is 8.31. The van der Waals surface area contributed by atoms with Gasteiger partial charge in [0, 0.05) is 11.3 Å². The van der Waals surface area contributed by atoms with Crippen LogP contribution in [0.5, 0.6) is 0 Å². The number of rotatable bonds is 4. The van der Waals surface area contributed by atoms with Crippen LogP contribution < -0.4 is 0 Å². The Labute approximate surface area is 94.4 Å². The van der Waals surface area contributed by atoms with Gasteiger partial charge in [-0.15, -0.1) is 11.8 Å². The molecule has 4 nitrogen and oxygen atoms in total. The number of hydrogen-bond donors (Lipinski definition) is 1. The molecule has 16 heavy (non-hydrogen) atoms. The molecule has 0 aliphatic heterocycles. The van der Waals surface area contributed by atoms with Gasteiger partial charge in [-0.3, -0.25) is 10.1 Å². The van der Waals surface area contributed by atoms with Crippen LogP contribution in [0.1, 0.15) is 6.92 Å². The molecule has 7 heteroatoms. The quantitative estimate of drug-likeness (QED) is 0.505. The molecule has 0 amide bonds. The maximum absolute atomic E-state index is 13.3. The third kappa shape index (κ3) is 2.67. The highest BCUT2D eigenvalue weighted by molar-refractivity contribution is 8.00. The molecule has 88 valence electrons. The summed E-state index contributed by atoms with van der Waals surface area (Å²) >= 11 is 0.733. The Morgan fingerprint density at radius 2 is 2.19 bits per heavy atom. The minimum absolute atomic E-state index is 0.280. The first-order chi connectivity index (χ1) is 7.47. The lowest BCUT2D eigenvalue weighted by Gasteiger charge is -2.09. The van der Waals surface area contributed by atoms with Crippen LogP contribution in [-0.4, -0.2) is 21.9 Å². The largest absolute Gasteiger partial charge is 0.395 e. The van der Waals surface area contributed by atoms with Crippen LogP contribution in [0.2, 0.25) is 0 Å². The second-order valence-electron chi connectivity index (χ2n) is 3.08. The number of halogens is 2. The number of benzene rings is 1. The summed E-state index contributed by atoms with van der Waals surface area (Å²) in [6, 6.07) is 1.62. The van der Waals surface area contributed by atoms with Gasteiger partial charge >= 0.3 is 0 Å². The lowest BCUT2D eigenvalue weighted by Crippen LogP contribution is -2.05. The molecule has 0 heterocycles. The molecule has 0 bridgehead atoms. The van der Waals surface area contributed by atoms with E-state index in [4.69, 9.17) is 5.11 Å². The van der Waals surface area contributed by atoms with Gasteiger partial charge in [0.25, 0.3) is 5.69 Å². The molecule has 0 aliphatic carbocycles. The zero-order chi connectivity index (χ0) is 12.3. The van der Waals surface area contributed by atoms with Crippen molar-refractivity contribution >= 4 is 17.4 Å². The van der Waals surface area contributed by atoms with E-state index in [0.717, 1.165) is 17.8 Å². The molecule has 0 spiro atoms. The lowest BCUT2D eigenvalue weighted by molar-refractivity contribution is -0.388. The second-order valence-corrected chi connectivity index (χ2v) is 4.53. The molecule has 0 fully saturated rings. The number of thioether (sulfide) groups is 1. The van der Waals surface area contributed by atoms with Gasteiger partial charge in [-0.25, -0.2) is 8.78 Å². The van der Waals surface area contributed by atoms with Gasteiger partial charge in [0.15, 0.2) is 11.6 Å². The van der Waals surface area contributed by atoms with Gasteiger partial charge in [-0.2, -0.15) is 0 Å². The van der Waals surface area contributed by atoms with E-state index in [1.54, 1.807) is 6.92 Å². The summed E-state index contributed by atoms with van der Waals surface area (Å²) in [5.74, 6) is -2.39. The van der Waals surface area contributed by atoms with E-state index in [2.05, 4.69) is 0 Å². The monoisotopic (exact) mass is 249 g/mol. The molecule has 0 aromatic heterocycles. The first kappa shape index (κ1) is 12.9. The Balaban J connectivity index is 3.21. The Kier molecular flexibility index (Phi) is 4.19. The van der Waals surface area contributed by atoms with Crippen LogP contribution >= 0.6 is 11.8 Å². The molecule has 1 rings (SSSR count). The van der Waals surface area contributed by atoms with Crippen molar-refractivity contribution in [1.29, 1.82) is 0 Å². The second kappa shape index (κ2) is 5.22. The molecule has 1 aromatic rings. The number of nitro groups is 1. The van der Waals surface area contributed by atoms with Crippen molar-refractivity contribution in [2.45, 2.75) is 17.1 Å². The number of nitrogens with zero attached hydrogens (tertiary/aromatic N) is 1.